The molecule has 0 saturated carbocycles. The van der Waals surface area contributed by atoms with Gasteiger partial charge in [-0.15, -0.1) is 0 Å². The van der Waals surface area contributed by atoms with E-state index in [4.69, 9.17) is 11.6 Å². The summed E-state index contributed by atoms with van der Waals surface area (Å²) in [6.45, 7) is 3.25. The van der Waals surface area contributed by atoms with Crippen LogP contribution in [0, 0.1) is 0 Å². The second-order valence-corrected chi connectivity index (χ2v) is 4.98. The topological polar surface area (TPSA) is 15.3 Å². The Balaban J connectivity index is 2.61. The second-order valence-electron chi connectivity index (χ2n) is 4.57. The van der Waals surface area contributed by atoms with Crippen LogP contribution < -0.4 is 5.32 Å². The number of rotatable bonds is 8. The molecule has 0 aliphatic carbocycles. The van der Waals surface area contributed by atoms with Crippen molar-refractivity contribution >= 4 is 11.6 Å². The van der Waals surface area contributed by atoms with Gasteiger partial charge >= 0.3 is 0 Å². The molecule has 0 saturated heterocycles. The highest BCUT2D eigenvalue weighted by Crippen LogP contribution is 2.25. The summed E-state index contributed by atoms with van der Waals surface area (Å²) >= 11 is 6.18. The first kappa shape index (κ1) is 16.3. The third-order valence-electron chi connectivity index (χ3n) is 2.98. The van der Waals surface area contributed by atoms with Crippen LogP contribution in [0.25, 0.3) is 0 Å². The Labute approximate surface area is 118 Å². The maximum atomic E-state index is 12.3. The lowest BCUT2D eigenvalue weighted by molar-refractivity contribution is 0.0985. The molecule has 0 aliphatic heterocycles. The highest BCUT2D eigenvalue weighted by molar-refractivity contribution is 6.31. The Morgan fingerprint density at radius 3 is 2.58 bits per heavy atom. The first-order valence-corrected chi connectivity index (χ1v) is 6.86. The lowest BCUT2D eigenvalue weighted by Crippen LogP contribution is -2.30. The summed E-state index contributed by atoms with van der Waals surface area (Å²) < 4.78 is 24.5. The van der Waals surface area contributed by atoms with Gasteiger partial charge in [-0.05, 0) is 38.2 Å². The van der Waals surface area contributed by atoms with Crippen molar-refractivity contribution in [1.82, 2.24) is 10.2 Å². The monoisotopic (exact) mass is 290 g/mol. The average molecular weight is 291 g/mol. The molecular formula is C14H21ClF2N2. The Kier molecular flexibility index (Phi) is 7.28. The van der Waals surface area contributed by atoms with Gasteiger partial charge in [0, 0.05) is 11.1 Å². The number of nitrogens with zero attached hydrogens (tertiary/aromatic N) is 1. The molecule has 5 heteroatoms. The molecule has 1 aromatic carbocycles. The minimum atomic E-state index is -2.29. The number of nitrogens with one attached hydrogen (secondary N) is 1. The molecule has 1 rings (SSSR count). The van der Waals surface area contributed by atoms with E-state index in [-0.39, 0.29) is 12.6 Å². The highest BCUT2D eigenvalue weighted by Gasteiger charge is 2.15. The Morgan fingerprint density at radius 2 is 2.00 bits per heavy atom. The standard InChI is InChI=1S/C14H21ClF2N2/c1-3-18-13(8-9-19(2)10-14(16)17)11-6-4-5-7-12(11)15/h4-7,13-14,18H,3,8-10H2,1-2H3. The van der Waals surface area contributed by atoms with E-state index >= 15 is 0 Å². The number of benzene rings is 1. The summed E-state index contributed by atoms with van der Waals surface area (Å²) in [4.78, 5) is 1.64. The van der Waals surface area contributed by atoms with Crippen LogP contribution in [0.1, 0.15) is 24.9 Å². The van der Waals surface area contributed by atoms with Crippen molar-refractivity contribution < 1.29 is 8.78 Å². The van der Waals surface area contributed by atoms with E-state index in [0.29, 0.717) is 11.6 Å². The van der Waals surface area contributed by atoms with Crippen LogP contribution in [-0.4, -0.2) is 38.0 Å². The second kappa shape index (κ2) is 8.46. The zero-order chi connectivity index (χ0) is 14.3. The Bertz CT molecular complexity index is 374. The first-order chi connectivity index (χ1) is 9.04. The van der Waals surface area contributed by atoms with E-state index in [1.165, 1.54) is 0 Å². The maximum Gasteiger partial charge on any atom is 0.251 e. The minimum absolute atomic E-state index is 0.0961. The number of halogens is 3. The molecule has 108 valence electrons. The Hall–Kier alpha value is -0.710. The van der Waals surface area contributed by atoms with Crippen LogP contribution in [0.3, 0.4) is 0 Å². The summed E-state index contributed by atoms with van der Waals surface area (Å²) in [6.07, 6.45) is -1.54. The zero-order valence-electron chi connectivity index (χ0n) is 11.4. The van der Waals surface area contributed by atoms with Gasteiger partial charge in [-0.2, -0.15) is 0 Å². The molecule has 1 atom stereocenters. The third-order valence-corrected chi connectivity index (χ3v) is 3.32. The predicted octanol–water partition coefficient (Wildman–Crippen LogP) is 3.58. The van der Waals surface area contributed by atoms with Crippen molar-refractivity contribution in [3.63, 3.8) is 0 Å². The lowest BCUT2D eigenvalue weighted by atomic mass is 10.0. The van der Waals surface area contributed by atoms with Gasteiger partial charge in [-0.1, -0.05) is 36.7 Å². The molecule has 1 N–H and O–H groups in total. The van der Waals surface area contributed by atoms with E-state index in [9.17, 15) is 8.78 Å². The molecule has 0 spiro atoms. The summed E-state index contributed by atoms with van der Waals surface area (Å²) in [7, 11) is 1.71. The fourth-order valence-electron chi connectivity index (χ4n) is 2.05. The molecule has 0 amide bonds. The summed E-state index contributed by atoms with van der Waals surface area (Å²) in [5.74, 6) is 0. The zero-order valence-corrected chi connectivity index (χ0v) is 12.1. The largest absolute Gasteiger partial charge is 0.310 e. The molecule has 19 heavy (non-hydrogen) atoms. The molecule has 0 radical (unpaired) electrons. The van der Waals surface area contributed by atoms with Crippen molar-refractivity contribution in [2.45, 2.75) is 25.8 Å². The molecule has 1 aromatic rings. The van der Waals surface area contributed by atoms with E-state index in [0.717, 1.165) is 18.5 Å². The SMILES string of the molecule is CCNC(CCN(C)CC(F)F)c1ccccc1Cl. The van der Waals surface area contributed by atoms with Gasteiger partial charge in [-0.3, -0.25) is 0 Å². The van der Waals surface area contributed by atoms with Gasteiger partial charge in [0.15, 0.2) is 0 Å². The van der Waals surface area contributed by atoms with Gasteiger partial charge < -0.3 is 10.2 Å². The molecule has 1 unspecified atom stereocenters. The highest BCUT2D eigenvalue weighted by atomic mass is 35.5. The van der Waals surface area contributed by atoms with Crippen LogP contribution in [0.2, 0.25) is 5.02 Å². The quantitative estimate of drug-likeness (QED) is 0.787. The molecule has 0 heterocycles. The first-order valence-electron chi connectivity index (χ1n) is 6.49. The molecule has 2 nitrogen and oxygen atoms in total. The Morgan fingerprint density at radius 1 is 1.32 bits per heavy atom. The smallest absolute Gasteiger partial charge is 0.251 e. The lowest BCUT2D eigenvalue weighted by Gasteiger charge is -2.23. The summed E-state index contributed by atoms with van der Waals surface area (Å²) in [5.41, 5.74) is 1.02. The minimum Gasteiger partial charge on any atom is -0.310 e. The molecular weight excluding hydrogens is 270 g/mol. The third kappa shape index (κ3) is 5.85. The normalized spacial score (nSPS) is 13.2. The maximum absolute atomic E-state index is 12.3. The molecule has 0 bridgehead atoms. The average Bonchev–Trinajstić information content (AvgIpc) is 2.34. The van der Waals surface area contributed by atoms with Crippen molar-refractivity contribution in [3.05, 3.63) is 34.9 Å². The van der Waals surface area contributed by atoms with Crippen molar-refractivity contribution in [1.29, 1.82) is 0 Å². The van der Waals surface area contributed by atoms with E-state index in [1.807, 2.05) is 31.2 Å². The van der Waals surface area contributed by atoms with Crippen LogP contribution in [-0.2, 0) is 0 Å². The van der Waals surface area contributed by atoms with Gasteiger partial charge in [0.25, 0.3) is 6.43 Å². The number of hydrogen-bond acceptors (Lipinski definition) is 2. The van der Waals surface area contributed by atoms with Crippen molar-refractivity contribution in [2.75, 3.05) is 26.7 Å². The van der Waals surface area contributed by atoms with Gasteiger partial charge in [0.2, 0.25) is 0 Å². The van der Waals surface area contributed by atoms with Gasteiger partial charge in [-0.25, -0.2) is 8.78 Å². The van der Waals surface area contributed by atoms with Crippen LogP contribution in [0.15, 0.2) is 24.3 Å². The molecule has 0 aromatic heterocycles. The fraction of sp³-hybridized carbons (Fsp3) is 0.571. The van der Waals surface area contributed by atoms with Crippen molar-refractivity contribution in [2.24, 2.45) is 0 Å². The van der Waals surface area contributed by atoms with E-state index < -0.39 is 6.43 Å². The summed E-state index contributed by atoms with van der Waals surface area (Å²) in [5, 5.41) is 4.06. The van der Waals surface area contributed by atoms with Crippen LogP contribution >= 0.6 is 11.6 Å². The van der Waals surface area contributed by atoms with Crippen LogP contribution in [0.5, 0.6) is 0 Å². The van der Waals surface area contributed by atoms with Gasteiger partial charge in [0.05, 0.1) is 6.54 Å². The van der Waals surface area contributed by atoms with E-state index in [2.05, 4.69) is 5.32 Å². The number of hydrogen-bond donors (Lipinski definition) is 1. The van der Waals surface area contributed by atoms with Crippen molar-refractivity contribution in [3.8, 4) is 0 Å². The van der Waals surface area contributed by atoms with Crippen LogP contribution in [0.4, 0.5) is 8.78 Å². The predicted molar refractivity (Wildman–Crippen MR) is 76.0 cm³/mol. The molecule has 0 aliphatic rings. The molecule has 0 fully saturated rings. The summed E-state index contributed by atoms with van der Waals surface area (Å²) in [6, 6.07) is 7.75. The fourth-order valence-corrected chi connectivity index (χ4v) is 2.32. The number of alkyl halides is 2. The van der Waals surface area contributed by atoms with Gasteiger partial charge in [0.1, 0.15) is 0 Å². The van der Waals surface area contributed by atoms with E-state index in [1.54, 1.807) is 11.9 Å².